The molecular formula is C13H23NO8S. The van der Waals surface area contributed by atoms with E-state index in [9.17, 15) is 30.0 Å². The van der Waals surface area contributed by atoms with Crippen LogP contribution in [0.2, 0.25) is 0 Å². The molecule has 0 aromatic carbocycles. The first kappa shape index (κ1) is 20.1. The molecule has 10 heteroatoms. The lowest BCUT2D eigenvalue weighted by Gasteiger charge is -2.45. The van der Waals surface area contributed by atoms with Crippen molar-refractivity contribution in [2.24, 2.45) is 0 Å². The number of ether oxygens (including phenoxy) is 2. The van der Waals surface area contributed by atoms with Crippen molar-refractivity contribution in [1.29, 1.82) is 0 Å². The van der Waals surface area contributed by atoms with Gasteiger partial charge in [0.15, 0.2) is 0 Å². The van der Waals surface area contributed by atoms with E-state index < -0.39 is 54.5 Å². The fraction of sp³-hybridized carbons (Fsp3) is 0.846. The Morgan fingerprint density at radius 3 is 2.57 bits per heavy atom. The number of aliphatic hydroxyl groups excluding tert-OH is 3. The molecule has 0 aliphatic carbocycles. The van der Waals surface area contributed by atoms with Crippen molar-refractivity contribution < 1.29 is 39.5 Å². The fourth-order valence-corrected chi connectivity index (χ4v) is 2.59. The average Bonchev–Trinajstić information content (AvgIpc) is 2.48. The van der Waals surface area contributed by atoms with Crippen molar-refractivity contribution in [3.05, 3.63) is 0 Å². The number of esters is 1. The quantitative estimate of drug-likeness (QED) is 0.228. The normalized spacial score (nSPS) is 33.6. The second kappa shape index (κ2) is 8.27. The van der Waals surface area contributed by atoms with Gasteiger partial charge in [-0.1, -0.05) is 0 Å². The zero-order chi connectivity index (χ0) is 17.8. The van der Waals surface area contributed by atoms with Gasteiger partial charge in [0.2, 0.25) is 5.91 Å². The van der Waals surface area contributed by atoms with Crippen LogP contribution in [-0.2, 0) is 19.1 Å². The maximum Gasteiger partial charge on any atom is 0.366 e. The number of carbonyl (C=O) groups is 2. The monoisotopic (exact) mass is 353 g/mol. The molecule has 23 heavy (non-hydrogen) atoms. The van der Waals surface area contributed by atoms with Crippen LogP contribution in [0.1, 0.15) is 20.3 Å². The second-order valence-electron chi connectivity index (χ2n) is 5.33. The lowest BCUT2D eigenvalue weighted by molar-refractivity contribution is -0.295. The number of hydrogen-bond donors (Lipinski definition) is 6. The Bertz CT molecular complexity index is 436. The first-order valence-electron chi connectivity index (χ1n) is 7.15. The van der Waals surface area contributed by atoms with Gasteiger partial charge in [-0.25, -0.2) is 4.79 Å². The molecule has 0 aromatic heterocycles. The van der Waals surface area contributed by atoms with Crippen molar-refractivity contribution in [2.45, 2.75) is 56.5 Å². The molecule has 9 nitrogen and oxygen atoms in total. The number of thiol groups is 1. The second-order valence-corrected chi connectivity index (χ2v) is 5.69. The van der Waals surface area contributed by atoms with Gasteiger partial charge in [0.05, 0.1) is 24.9 Å². The average molecular weight is 353 g/mol. The Morgan fingerprint density at radius 2 is 2.09 bits per heavy atom. The summed E-state index contributed by atoms with van der Waals surface area (Å²) in [5.74, 6) is -4.27. The van der Waals surface area contributed by atoms with Crippen LogP contribution in [0.3, 0.4) is 0 Å². The summed E-state index contributed by atoms with van der Waals surface area (Å²) in [4.78, 5) is 23.1. The minimum absolute atomic E-state index is 0.0256. The van der Waals surface area contributed by atoms with Crippen molar-refractivity contribution in [3.63, 3.8) is 0 Å². The van der Waals surface area contributed by atoms with Crippen LogP contribution in [0, 0.1) is 0 Å². The standard InChI is InChI=1S/C13H23NO8S/c1-3-21-12(19)13(20)4-7(16)9(14-6(2)15)11(22-13)10(18)8(17)5-23/h7-11,16-18,20,23H,3-5H2,1-2H3,(H,14,15)/t7-,8+,9+,10+,11?,13-/m0/s1. The molecule has 1 aliphatic rings. The van der Waals surface area contributed by atoms with E-state index in [2.05, 4.69) is 17.9 Å². The Hall–Kier alpha value is -0.910. The molecule has 1 fully saturated rings. The van der Waals surface area contributed by atoms with Crippen LogP contribution >= 0.6 is 12.6 Å². The summed E-state index contributed by atoms with van der Waals surface area (Å²) in [6.45, 7) is 2.69. The molecular weight excluding hydrogens is 330 g/mol. The molecule has 0 spiro atoms. The molecule has 1 heterocycles. The Kier molecular flexibility index (Phi) is 7.24. The van der Waals surface area contributed by atoms with Crippen LogP contribution in [0.4, 0.5) is 0 Å². The van der Waals surface area contributed by atoms with Crippen LogP contribution in [0.5, 0.6) is 0 Å². The smallest absolute Gasteiger partial charge is 0.366 e. The number of nitrogens with one attached hydrogen (secondary N) is 1. The molecule has 1 aliphatic heterocycles. The zero-order valence-electron chi connectivity index (χ0n) is 12.9. The number of amides is 1. The molecule has 1 amide bonds. The lowest BCUT2D eigenvalue weighted by atomic mass is 9.89. The highest BCUT2D eigenvalue weighted by Gasteiger charge is 2.54. The van der Waals surface area contributed by atoms with Gasteiger partial charge < -0.3 is 35.2 Å². The van der Waals surface area contributed by atoms with Gasteiger partial charge in [-0.3, -0.25) is 4.79 Å². The molecule has 1 unspecified atom stereocenters. The van der Waals surface area contributed by atoms with E-state index in [-0.39, 0.29) is 12.4 Å². The summed E-state index contributed by atoms with van der Waals surface area (Å²) >= 11 is 3.84. The fourth-order valence-electron chi connectivity index (χ4n) is 2.37. The van der Waals surface area contributed by atoms with Gasteiger partial charge >= 0.3 is 5.97 Å². The maximum absolute atomic E-state index is 11.8. The number of rotatable bonds is 6. The van der Waals surface area contributed by atoms with Gasteiger partial charge in [-0.05, 0) is 6.92 Å². The predicted octanol–water partition coefficient (Wildman–Crippen LogP) is -2.46. The molecule has 1 saturated heterocycles. The SMILES string of the molecule is CCOC(=O)[C@]1(O)C[C@H](O)[C@@H](NC(C)=O)C([C@H](O)[C@H](O)CS)O1. The van der Waals surface area contributed by atoms with Gasteiger partial charge in [0.1, 0.15) is 12.2 Å². The van der Waals surface area contributed by atoms with E-state index >= 15 is 0 Å². The third-order valence-corrected chi connectivity index (χ3v) is 3.84. The minimum Gasteiger partial charge on any atom is -0.462 e. The van der Waals surface area contributed by atoms with Crippen molar-refractivity contribution in [2.75, 3.05) is 12.4 Å². The maximum atomic E-state index is 11.8. The highest BCUT2D eigenvalue weighted by Crippen LogP contribution is 2.31. The lowest BCUT2D eigenvalue weighted by Crippen LogP contribution is -2.67. The van der Waals surface area contributed by atoms with E-state index in [1.54, 1.807) is 0 Å². The van der Waals surface area contributed by atoms with E-state index in [0.717, 1.165) is 0 Å². The van der Waals surface area contributed by atoms with E-state index in [1.165, 1.54) is 13.8 Å². The third-order valence-electron chi connectivity index (χ3n) is 3.47. The van der Waals surface area contributed by atoms with Crippen LogP contribution in [0.25, 0.3) is 0 Å². The Balaban J connectivity index is 3.08. The largest absolute Gasteiger partial charge is 0.462 e. The first-order chi connectivity index (χ1) is 10.7. The highest BCUT2D eigenvalue weighted by atomic mass is 32.1. The van der Waals surface area contributed by atoms with Crippen LogP contribution < -0.4 is 5.32 Å². The van der Waals surface area contributed by atoms with Gasteiger partial charge in [-0.15, -0.1) is 0 Å². The summed E-state index contributed by atoms with van der Waals surface area (Å²) in [6, 6.07) is -1.13. The molecule has 6 atom stereocenters. The van der Waals surface area contributed by atoms with Crippen molar-refractivity contribution >= 4 is 24.5 Å². The summed E-state index contributed by atoms with van der Waals surface area (Å²) < 4.78 is 9.91. The predicted molar refractivity (Wildman–Crippen MR) is 80.6 cm³/mol. The number of carbonyl (C=O) groups excluding carboxylic acids is 2. The first-order valence-corrected chi connectivity index (χ1v) is 7.79. The van der Waals surface area contributed by atoms with E-state index in [1.807, 2.05) is 0 Å². The van der Waals surface area contributed by atoms with E-state index in [4.69, 9.17) is 9.47 Å². The molecule has 0 radical (unpaired) electrons. The summed E-state index contributed by atoms with van der Waals surface area (Å²) in [7, 11) is 0. The molecule has 0 saturated carbocycles. The summed E-state index contributed by atoms with van der Waals surface area (Å²) in [6.07, 6.45) is -6.39. The summed E-state index contributed by atoms with van der Waals surface area (Å²) in [5.41, 5.74) is 0. The third kappa shape index (κ3) is 4.78. The van der Waals surface area contributed by atoms with Crippen molar-refractivity contribution in [3.8, 4) is 0 Å². The molecule has 0 aromatic rings. The van der Waals surface area contributed by atoms with Gasteiger partial charge in [0.25, 0.3) is 5.79 Å². The zero-order valence-corrected chi connectivity index (χ0v) is 13.8. The Labute approximate surface area is 139 Å². The molecule has 1 rings (SSSR count). The number of aliphatic hydroxyl groups is 4. The molecule has 5 N–H and O–H groups in total. The Morgan fingerprint density at radius 1 is 1.48 bits per heavy atom. The van der Waals surface area contributed by atoms with Crippen LogP contribution in [0.15, 0.2) is 0 Å². The van der Waals surface area contributed by atoms with Crippen molar-refractivity contribution in [1.82, 2.24) is 5.32 Å². The van der Waals surface area contributed by atoms with E-state index in [0.29, 0.717) is 0 Å². The topological polar surface area (TPSA) is 146 Å². The minimum atomic E-state index is -2.49. The summed E-state index contributed by atoms with van der Waals surface area (Å²) in [5, 5.41) is 42.7. The highest BCUT2D eigenvalue weighted by molar-refractivity contribution is 7.80. The van der Waals surface area contributed by atoms with Gasteiger partial charge in [0, 0.05) is 19.1 Å². The van der Waals surface area contributed by atoms with Gasteiger partial charge in [-0.2, -0.15) is 12.6 Å². The van der Waals surface area contributed by atoms with Crippen LogP contribution in [-0.4, -0.2) is 80.9 Å². The molecule has 134 valence electrons. The molecule has 0 bridgehead atoms. The number of hydrogen-bond acceptors (Lipinski definition) is 9.